The lowest BCUT2D eigenvalue weighted by molar-refractivity contribution is 0.101. The van der Waals surface area contributed by atoms with Crippen molar-refractivity contribution in [2.75, 3.05) is 7.05 Å². The summed E-state index contributed by atoms with van der Waals surface area (Å²) < 4.78 is 27.9. The van der Waals surface area contributed by atoms with Gasteiger partial charge >= 0.3 is 0 Å². The van der Waals surface area contributed by atoms with Crippen molar-refractivity contribution in [3.05, 3.63) is 102 Å². The largest absolute Gasteiger partial charge is 0.295 e. The molecule has 0 aliphatic carbocycles. The Labute approximate surface area is 160 Å². The molecule has 0 saturated heterocycles. The second-order valence-electron chi connectivity index (χ2n) is 6.33. The number of benzene rings is 3. The zero-order valence-electron chi connectivity index (χ0n) is 15.2. The molecule has 0 fully saturated rings. The van der Waals surface area contributed by atoms with Crippen LogP contribution in [0.15, 0.2) is 89.8 Å². The summed E-state index contributed by atoms with van der Waals surface area (Å²) in [6.07, 6.45) is 0. The Bertz CT molecular complexity index is 975. The maximum absolute atomic E-state index is 13.2. The van der Waals surface area contributed by atoms with Gasteiger partial charge < -0.3 is 0 Å². The van der Waals surface area contributed by atoms with Crippen LogP contribution in [0.25, 0.3) is 0 Å². The number of hydrogen-bond acceptors (Lipinski definition) is 3. The molecule has 5 heteroatoms. The fourth-order valence-electron chi connectivity index (χ4n) is 3.05. The molecule has 0 aliphatic heterocycles. The van der Waals surface area contributed by atoms with Crippen LogP contribution >= 0.6 is 0 Å². The Hall–Kier alpha value is -2.76. The molecule has 0 aliphatic rings. The molecule has 0 saturated carbocycles. The molecule has 0 unspecified atom stereocenters. The average Bonchev–Trinajstić information content (AvgIpc) is 2.70. The first-order chi connectivity index (χ1) is 12.9. The second-order valence-corrected chi connectivity index (χ2v) is 8.32. The van der Waals surface area contributed by atoms with Crippen LogP contribution < -0.4 is 0 Å². The number of rotatable bonds is 6. The van der Waals surface area contributed by atoms with Gasteiger partial charge in [0, 0.05) is 12.6 Å². The summed E-state index contributed by atoms with van der Waals surface area (Å²) in [6.45, 7) is 1.45. The van der Waals surface area contributed by atoms with Gasteiger partial charge in [0.2, 0.25) is 10.0 Å². The Morgan fingerprint density at radius 1 is 0.778 bits per heavy atom. The van der Waals surface area contributed by atoms with Gasteiger partial charge in [-0.3, -0.25) is 4.79 Å². The van der Waals surface area contributed by atoms with Crippen LogP contribution in [-0.2, 0) is 10.0 Å². The fourth-order valence-corrected chi connectivity index (χ4v) is 4.38. The van der Waals surface area contributed by atoms with Crippen molar-refractivity contribution in [2.45, 2.75) is 17.9 Å². The lowest BCUT2D eigenvalue weighted by atomic mass is 9.99. The van der Waals surface area contributed by atoms with Crippen molar-refractivity contribution in [1.82, 2.24) is 4.31 Å². The third-order valence-electron chi connectivity index (χ3n) is 4.53. The summed E-state index contributed by atoms with van der Waals surface area (Å²) in [7, 11) is -2.17. The van der Waals surface area contributed by atoms with Crippen molar-refractivity contribution in [2.24, 2.45) is 0 Å². The van der Waals surface area contributed by atoms with E-state index in [9.17, 15) is 13.2 Å². The van der Waals surface area contributed by atoms with Crippen LogP contribution in [0, 0.1) is 0 Å². The number of Topliss-reactive ketones (excluding diaryl/α,β-unsaturated/α-hetero) is 1. The van der Waals surface area contributed by atoms with E-state index in [1.54, 1.807) is 19.2 Å². The molecular weight excluding hydrogens is 358 g/mol. The molecule has 0 atom stereocenters. The van der Waals surface area contributed by atoms with E-state index in [-0.39, 0.29) is 10.7 Å². The van der Waals surface area contributed by atoms with Crippen LogP contribution in [0.4, 0.5) is 0 Å². The van der Waals surface area contributed by atoms with E-state index in [2.05, 4.69) is 0 Å². The molecule has 27 heavy (non-hydrogen) atoms. The topological polar surface area (TPSA) is 54.5 Å². The minimum Gasteiger partial charge on any atom is -0.295 e. The van der Waals surface area contributed by atoms with Crippen molar-refractivity contribution in [3.8, 4) is 0 Å². The zero-order chi connectivity index (χ0) is 19.4. The number of hydrogen-bond donors (Lipinski definition) is 0. The van der Waals surface area contributed by atoms with Crippen LogP contribution in [0.2, 0.25) is 0 Å². The van der Waals surface area contributed by atoms with Crippen LogP contribution in [0.5, 0.6) is 0 Å². The van der Waals surface area contributed by atoms with Gasteiger partial charge in [-0.1, -0.05) is 72.8 Å². The normalized spacial score (nSPS) is 11.7. The first-order valence-corrected chi connectivity index (χ1v) is 10.0. The van der Waals surface area contributed by atoms with Gasteiger partial charge in [-0.15, -0.1) is 0 Å². The van der Waals surface area contributed by atoms with E-state index in [4.69, 9.17) is 0 Å². The summed E-state index contributed by atoms with van der Waals surface area (Å²) in [4.78, 5) is 11.6. The summed E-state index contributed by atoms with van der Waals surface area (Å²) in [5.74, 6) is -0.0984. The minimum atomic E-state index is -3.75. The third kappa shape index (κ3) is 3.99. The minimum absolute atomic E-state index is 0.0984. The zero-order valence-corrected chi connectivity index (χ0v) is 16.1. The molecule has 0 spiro atoms. The highest BCUT2D eigenvalue weighted by Crippen LogP contribution is 2.32. The van der Waals surface area contributed by atoms with Gasteiger partial charge in [0.15, 0.2) is 5.78 Å². The first kappa shape index (κ1) is 19.0. The van der Waals surface area contributed by atoms with Gasteiger partial charge in [-0.05, 0) is 30.2 Å². The van der Waals surface area contributed by atoms with Crippen molar-refractivity contribution in [1.29, 1.82) is 0 Å². The molecular formula is C22H21NO3S. The summed E-state index contributed by atoms with van der Waals surface area (Å²) in [5, 5.41) is 0. The molecule has 4 nitrogen and oxygen atoms in total. The summed E-state index contributed by atoms with van der Waals surface area (Å²) in [6, 6.07) is 24.7. The van der Waals surface area contributed by atoms with Gasteiger partial charge in [0.25, 0.3) is 0 Å². The maximum Gasteiger partial charge on any atom is 0.243 e. The number of ketones is 1. The van der Waals surface area contributed by atoms with E-state index in [0.29, 0.717) is 5.56 Å². The SMILES string of the molecule is CC(=O)c1ccc(S(=O)(=O)N(C)C(c2ccccc2)c2ccccc2)cc1. The quantitative estimate of drug-likeness (QED) is 0.600. The fraction of sp³-hybridized carbons (Fsp3) is 0.136. The Morgan fingerprint density at radius 2 is 1.22 bits per heavy atom. The first-order valence-electron chi connectivity index (χ1n) is 8.60. The lowest BCUT2D eigenvalue weighted by Gasteiger charge is -2.28. The van der Waals surface area contributed by atoms with E-state index >= 15 is 0 Å². The monoisotopic (exact) mass is 379 g/mol. The summed E-state index contributed by atoms with van der Waals surface area (Å²) >= 11 is 0. The molecule has 138 valence electrons. The Morgan fingerprint density at radius 3 is 1.63 bits per heavy atom. The number of sulfonamides is 1. The third-order valence-corrected chi connectivity index (χ3v) is 6.37. The molecule has 0 heterocycles. The van der Waals surface area contributed by atoms with Crippen molar-refractivity contribution >= 4 is 15.8 Å². The lowest BCUT2D eigenvalue weighted by Crippen LogP contribution is -2.32. The van der Waals surface area contributed by atoms with E-state index < -0.39 is 16.1 Å². The molecule has 3 aromatic rings. The predicted molar refractivity (Wildman–Crippen MR) is 106 cm³/mol. The van der Waals surface area contributed by atoms with Gasteiger partial charge in [-0.25, -0.2) is 8.42 Å². The average molecular weight is 379 g/mol. The highest BCUT2D eigenvalue weighted by molar-refractivity contribution is 7.89. The van der Waals surface area contributed by atoms with Crippen LogP contribution in [0.1, 0.15) is 34.5 Å². The standard InChI is InChI=1S/C22H21NO3S/c1-17(24)18-13-15-21(16-14-18)27(25,26)23(2)22(19-9-5-3-6-10-19)20-11-7-4-8-12-20/h3-16,22H,1-2H3. The Balaban J connectivity index is 2.05. The highest BCUT2D eigenvalue weighted by Gasteiger charge is 2.30. The molecule has 3 rings (SSSR count). The van der Waals surface area contributed by atoms with E-state index in [0.717, 1.165) is 11.1 Å². The molecule has 0 aromatic heterocycles. The van der Waals surface area contributed by atoms with Crippen LogP contribution in [0.3, 0.4) is 0 Å². The van der Waals surface area contributed by atoms with Crippen molar-refractivity contribution in [3.63, 3.8) is 0 Å². The molecule has 3 aromatic carbocycles. The molecule has 0 amide bonds. The van der Waals surface area contributed by atoms with Gasteiger partial charge in [-0.2, -0.15) is 4.31 Å². The molecule has 0 radical (unpaired) electrons. The molecule has 0 N–H and O–H groups in total. The highest BCUT2D eigenvalue weighted by atomic mass is 32.2. The van der Waals surface area contributed by atoms with Gasteiger partial charge in [0.1, 0.15) is 0 Å². The maximum atomic E-state index is 13.2. The number of nitrogens with zero attached hydrogens (tertiary/aromatic N) is 1. The second kappa shape index (κ2) is 7.86. The molecule has 0 bridgehead atoms. The smallest absolute Gasteiger partial charge is 0.243 e. The van der Waals surface area contributed by atoms with E-state index in [1.165, 1.54) is 23.4 Å². The van der Waals surface area contributed by atoms with Crippen molar-refractivity contribution < 1.29 is 13.2 Å². The Kier molecular flexibility index (Phi) is 5.54. The van der Waals surface area contributed by atoms with Crippen LogP contribution in [-0.4, -0.2) is 25.6 Å². The van der Waals surface area contributed by atoms with E-state index in [1.807, 2.05) is 60.7 Å². The summed E-state index contributed by atoms with van der Waals surface area (Å²) in [5.41, 5.74) is 2.25. The predicted octanol–water partition coefficient (Wildman–Crippen LogP) is 4.30. The number of carbonyl (C=O) groups excluding carboxylic acids is 1. The van der Waals surface area contributed by atoms with Gasteiger partial charge in [0.05, 0.1) is 10.9 Å². The number of carbonyl (C=O) groups is 1.